The fourth-order valence-corrected chi connectivity index (χ4v) is 3.37. The van der Waals surface area contributed by atoms with E-state index >= 15 is 0 Å². The minimum Gasteiger partial charge on any atom is -0.375 e. The van der Waals surface area contributed by atoms with Crippen LogP contribution in [-0.2, 0) is 9.53 Å². The van der Waals surface area contributed by atoms with Crippen molar-refractivity contribution in [3.8, 4) is 0 Å². The third-order valence-electron chi connectivity index (χ3n) is 4.07. The monoisotopic (exact) mass is 211 g/mol. The first-order valence-corrected chi connectivity index (χ1v) is 6.07. The van der Waals surface area contributed by atoms with E-state index in [1.54, 1.807) is 7.11 Å². The normalized spacial score (nSPS) is 34.1. The Balaban J connectivity index is 1.73. The van der Waals surface area contributed by atoms with E-state index in [2.05, 4.69) is 5.32 Å². The molecule has 3 atom stereocenters. The number of carbonyl (C=O) groups is 1. The SMILES string of the molecule is COCC(=O)NC[C@H]1CC[C@@H]2CCC[C@@H]21. The molecule has 86 valence electrons. The molecule has 0 aromatic carbocycles. The molecule has 0 saturated heterocycles. The van der Waals surface area contributed by atoms with Gasteiger partial charge in [-0.2, -0.15) is 0 Å². The third kappa shape index (κ3) is 2.51. The Hall–Kier alpha value is -0.570. The van der Waals surface area contributed by atoms with Gasteiger partial charge in [0.25, 0.3) is 0 Å². The first-order valence-electron chi connectivity index (χ1n) is 6.07. The summed E-state index contributed by atoms with van der Waals surface area (Å²) >= 11 is 0. The molecule has 2 fully saturated rings. The Labute approximate surface area is 91.6 Å². The number of rotatable bonds is 4. The molecule has 0 radical (unpaired) electrons. The molecule has 0 aromatic rings. The van der Waals surface area contributed by atoms with E-state index in [1.807, 2.05) is 0 Å². The molecule has 2 aliphatic carbocycles. The lowest BCUT2D eigenvalue weighted by atomic mass is 9.92. The third-order valence-corrected chi connectivity index (χ3v) is 4.07. The van der Waals surface area contributed by atoms with E-state index in [-0.39, 0.29) is 12.5 Å². The van der Waals surface area contributed by atoms with Crippen molar-refractivity contribution < 1.29 is 9.53 Å². The van der Waals surface area contributed by atoms with Crippen molar-refractivity contribution in [1.82, 2.24) is 5.32 Å². The molecule has 0 aromatic heterocycles. The molecule has 15 heavy (non-hydrogen) atoms. The summed E-state index contributed by atoms with van der Waals surface area (Å²) in [5.41, 5.74) is 0. The van der Waals surface area contributed by atoms with Crippen molar-refractivity contribution in [1.29, 1.82) is 0 Å². The van der Waals surface area contributed by atoms with Gasteiger partial charge < -0.3 is 10.1 Å². The van der Waals surface area contributed by atoms with Gasteiger partial charge in [0.1, 0.15) is 6.61 Å². The van der Waals surface area contributed by atoms with Crippen LogP contribution in [0.3, 0.4) is 0 Å². The highest BCUT2D eigenvalue weighted by Crippen LogP contribution is 2.47. The molecule has 3 nitrogen and oxygen atoms in total. The number of hydrogen-bond acceptors (Lipinski definition) is 2. The minimum absolute atomic E-state index is 0.0268. The maximum atomic E-state index is 11.3. The van der Waals surface area contributed by atoms with Gasteiger partial charge in [-0.1, -0.05) is 12.8 Å². The van der Waals surface area contributed by atoms with Gasteiger partial charge in [-0.15, -0.1) is 0 Å². The van der Waals surface area contributed by atoms with Gasteiger partial charge in [-0.05, 0) is 37.0 Å². The standard InChI is InChI=1S/C12H21NO2/c1-15-8-12(14)13-7-10-6-5-9-3-2-4-11(9)10/h9-11H,2-8H2,1H3,(H,13,14)/t9-,10+,11-/m0/s1. The average Bonchev–Trinajstić information content (AvgIpc) is 2.77. The van der Waals surface area contributed by atoms with Crippen LogP contribution in [0.5, 0.6) is 0 Å². The van der Waals surface area contributed by atoms with Gasteiger partial charge in [0.2, 0.25) is 5.91 Å². The van der Waals surface area contributed by atoms with Gasteiger partial charge >= 0.3 is 0 Å². The quantitative estimate of drug-likeness (QED) is 0.766. The first kappa shape index (κ1) is 10.9. The minimum atomic E-state index is 0.0268. The van der Waals surface area contributed by atoms with Gasteiger partial charge in [-0.3, -0.25) is 4.79 Å². The summed E-state index contributed by atoms with van der Waals surface area (Å²) in [5, 5.41) is 2.97. The van der Waals surface area contributed by atoms with E-state index in [9.17, 15) is 4.79 Å². The Morgan fingerprint density at radius 2 is 2.20 bits per heavy atom. The van der Waals surface area contributed by atoms with Gasteiger partial charge in [0, 0.05) is 13.7 Å². The highest BCUT2D eigenvalue weighted by molar-refractivity contribution is 5.77. The Morgan fingerprint density at radius 1 is 1.33 bits per heavy atom. The van der Waals surface area contributed by atoms with Crippen molar-refractivity contribution in [3.63, 3.8) is 0 Å². The van der Waals surface area contributed by atoms with Crippen LogP contribution in [0.1, 0.15) is 32.1 Å². The van der Waals surface area contributed by atoms with E-state index in [1.165, 1.54) is 32.1 Å². The molecule has 0 heterocycles. The fourth-order valence-electron chi connectivity index (χ4n) is 3.37. The molecule has 2 saturated carbocycles. The smallest absolute Gasteiger partial charge is 0.245 e. The number of carbonyl (C=O) groups excluding carboxylic acids is 1. The van der Waals surface area contributed by atoms with Crippen LogP contribution in [0.2, 0.25) is 0 Å². The zero-order valence-electron chi connectivity index (χ0n) is 9.50. The predicted molar refractivity (Wildman–Crippen MR) is 58.4 cm³/mol. The Bertz CT molecular complexity index is 230. The van der Waals surface area contributed by atoms with E-state index < -0.39 is 0 Å². The highest BCUT2D eigenvalue weighted by Gasteiger charge is 2.38. The summed E-state index contributed by atoms with van der Waals surface area (Å²) in [6.45, 7) is 1.06. The van der Waals surface area contributed by atoms with Crippen molar-refractivity contribution in [2.75, 3.05) is 20.3 Å². The van der Waals surface area contributed by atoms with Gasteiger partial charge in [0.05, 0.1) is 0 Å². The lowest BCUT2D eigenvalue weighted by Crippen LogP contribution is -2.33. The number of methoxy groups -OCH3 is 1. The number of fused-ring (bicyclic) bond motifs is 1. The molecular weight excluding hydrogens is 190 g/mol. The highest BCUT2D eigenvalue weighted by atomic mass is 16.5. The first-order chi connectivity index (χ1) is 7.31. The summed E-state index contributed by atoms with van der Waals surface area (Å²) in [4.78, 5) is 11.3. The van der Waals surface area contributed by atoms with Crippen molar-refractivity contribution in [3.05, 3.63) is 0 Å². The maximum Gasteiger partial charge on any atom is 0.245 e. The Kier molecular flexibility index (Phi) is 3.62. The predicted octanol–water partition coefficient (Wildman–Crippen LogP) is 1.58. The lowest BCUT2D eigenvalue weighted by Gasteiger charge is -2.18. The number of amides is 1. The van der Waals surface area contributed by atoms with E-state index in [0.29, 0.717) is 0 Å². The van der Waals surface area contributed by atoms with Crippen LogP contribution >= 0.6 is 0 Å². The molecule has 0 aliphatic heterocycles. The molecule has 1 amide bonds. The van der Waals surface area contributed by atoms with Crippen molar-refractivity contribution >= 4 is 5.91 Å². The summed E-state index contributed by atoms with van der Waals surface area (Å²) in [7, 11) is 1.56. The number of hydrogen-bond donors (Lipinski definition) is 1. The number of ether oxygens (including phenoxy) is 1. The second-order valence-electron chi connectivity index (χ2n) is 4.93. The molecule has 2 aliphatic rings. The van der Waals surface area contributed by atoms with E-state index in [0.717, 1.165) is 24.3 Å². The molecule has 0 bridgehead atoms. The summed E-state index contributed by atoms with van der Waals surface area (Å²) < 4.78 is 4.79. The second-order valence-corrected chi connectivity index (χ2v) is 4.93. The van der Waals surface area contributed by atoms with Crippen LogP contribution in [0.4, 0.5) is 0 Å². The summed E-state index contributed by atoms with van der Waals surface area (Å²) in [5.74, 6) is 2.62. The maximum absolute atomic E-state index is 11.3. The molecule has 0 unspecified atom stereocenters. The van der Waals surface area contributed by atoms with Gasteiger partial charge in [-0.25, -0.2) is 0 Å². The lowest BCUT2D eigenvalue weighted by molar-refractivity contribution is -0.124. The van der Waals surface area contributed by atoms with Crippen molar-refractivity contribution in [2.24, 2.45) is 17.8 Å². The largest absolute Gasteiger partial charge is 0.375 e. The molecule has 2 rings (SSSR count). The van der Waals surface area contributed by atoms with Crippen molar-refractivity contribution in [2.45, 2.75) is 32.1 Å². The zero-order valence-corrected chi connectivity index (χ0v) is 9.50. The summed E-state index contributed by atoms with van der Waals surface area (Å²) in [6, 6.07) is 0. The zero-order chi connectivity index (χ0) is 10.7. The summed E-state index contributed by atoms with van der Waals surface area (Å²) in [6.07, 6.45) is 6.90. The average molecular weight is 211 g/mol. The molecule has 0 spiro atoms. The number of nitrogens with one attached hydrogen (secondary N) is 1. The van der Waals surface area contributed by atoms with E-state index in [4.69, 9.17) is 4.74 Å². The second kappa shape index (κ2) is 4.97. The fraction of sp³-hybridized carbons (Fsp3) is 0.917. The van der Waals surface area contributed by atoms with Gasteiger partial charge in [0.15, 0.2) is 0 Å². The molecule has 1 N–H and O–H groups in total. The Morgan fingerprint density at radius 3 is 3.00 bits per heavy atom. The van der Waals surface area contributed by atoms with Crippen LogP contribution in [0.25, 0.3) is 0 Å². The van der Waals surface area contributed by atoms with Crippen LogP contribution in [-0.4, -0.2) is 26.2 Å². The topological polar surface area (TPSA) is 38.3 Å². The molecule has 3 heteroatoms. The van der Waals surface area contributed by atoms with Crippen LogP contribution in [0, 0.1) is 17.8 Å². The van der Waals surface area contributed by atoms with Crippen LogP contribution < -0.4 is 5.32 Å². The molecular formula is C12H21NO2. The van der Waals surface area contributed by atoms with Crippen LogP contribution in [0.15, 0.2) is 0 Å².